The van der Waals surface area contributed by atoms with Crippen molar-refractivity contribution in [3.8, 4) is 0 Å². The molecular weight excluding hydrogens is 270 g/mol. The minimum Gasteiger partial charge on any atom is -0.389 e. The van der Waals surface area contributed by atoms with Crippen LogP contribution in [0.2, 0.25) is 4.34 Å². The number of hydrogen-bond acceptors (Lipinski definition) is 4. The van der Waals surface area contributed by atoms with Gasteiger partial charge in [-0.1, -0.05) is 11.6 Å². The molecule has 1 aromatic heterocycles. The molecule has 102 valence electrons. The fraction of sp³-hybridized carbons (Fsp3) is 0.692. The molecule has 1 saturated carbocycles. The zero-order chi connectivity index (χ0) is 12.8. The quantitative estimate of drug-likeness (QED) is 0.686. The lowest BCUT2D eigenvalue weighted by atomic mass is 10.3. The number of aliphatic hydroxyl groups excluding tert-OH is 1. The molecule has 1 atom stereocenters. The highest BCUT2D eigenvalue weighted by Gasteiger charge is 2.21. The fourth-order valence-electron chi connectivity index (χ4n) is 1.68. The first-order valence-electron chi connectivity index (χ1n) is 6.45. The zero-order valence-electron chi connectivity index (χ0n) is 10.4. The predicted octanol–water partition coefficient (Wildman–Crippen LogP) is 2.32. The molecule has 0 bridgehead atoms. The summed E-state index contributed by atoms with van der Waals surface area (Å²) in [6.45, 7) is 2.69. The summed E-state index contributed by atoms with van der Waals surface area (Å²) in [5, 5.41) is 12.9. The summed E-state index contributed by atoms with van der Waals surface area (Å²) >= 11 is 7.46. The van der Waals surface area contributed by atoms with Gasteiger partial charge in [0.25, 0.3) is 0 Å². The summed E-state index contributed by atoms with van der Waals surface area (Å²) in [5.74, 6) is 0.758. The third-order valence-electron chi connectivity index (χ3n) is 2.92. The maximum atomic E-state index is 9.68. The van der Waals surface area contributed by atoms with Crippen LogP contribution in [0.1, 0.15) is 17.7 Å². The Hall–Kier alpha value is -0.130. The summed E-state index contributed by atoms with van der Waals surface area (Å²) < 4.78 is 6.26. The average molecular weight is 290 g/mol. The smallest absolute Gasteiger partial charge is 0.0931 e. The van der Waals surface area contributed by atoms with Gasteiger partial charge in [-0.15, -0.1) is 11.3 Å². The van der Waals surface area contributed by atoms with Crippen LogP contribution in [-0.4, -0.2) is 37.5 Å². The Balaban J connectivity index is 1.46. The van der Waals surface area contributed by atoms with Gasteiger partial charge >= 0.3 is 0 Å². The van der Waals surface area contributed by atoms with Crippen LogP contribution in [0, 0.1) is 5.92 Å². The largest absolute Gasteiger partial charge is 0.389 e. The van der Waals surface area contributed by atoms with E-state index in [1.54, 1.807) is 11.3 Å². The highest BCUT2D eigenvalue weighted by atomic mass is 35.5. The van der Waals surface area contributed by atoms with E-state index in [1.807, 2.05) is 12.1 Å². The molecule has 1 unspecified atom stereocenters. The lowest BCUT2D eigenvalue weighted by Gasteiger charge is -2.11. The van der Waals surface area contributed by atoms with Crippen molar-refractivity contribution >= 4 is 22.9 Å². The Kier molecular flexibility index (Phi) is 5.92. The average Bonchev–Trinajstić information content (AvgIpc) is 3.07. The first-order valence-corrected chi connectivity index (χ1v) is 7.64. The monoisotopic (exact) mass is 289 g/mol. The standard InChI is InChI=1S/C13H20ClNO2S/c14-13-4-3-12(18-13)5-6-15-7-11(16)9-17-8-10-1-2-10/h3-4,10-11,15-16H,1-2,5-9H2. The molecule has 0 radical (unpaired) electrons. The van der Waals surface area contributed by atoms with Gasteiger partial charge in [-0.05, 0) is 37.3 Å². The topological polar surface area (TPSA) is 41.5 Å². The maximum absolute atomic E-state index is 9.68. The summed E-state index contributed by atoms with van der Waals surface area (Å²) in [5.41, 5.74) is 0. The molecule has 2 N–H and O–H groups in total. The molecule has 2 rings (SSSR count). The minimum absolute atomic E-state index is 0.407. The van der Waals surface area contributed by atoms with Crippen molar-refractivity contribution in [2.75, 3.05) is 26.3 Å². The molecule has 0 aromatic carbocycles. The normalized spacial score (nSPS) is 17.0. The Bertz CT molecular complexity index is 355. The van der Waals surface area contributed by atoms with Crippen LogP contribution in [0.5, 0.6) is 0 Å². The van der Waals surface area contributed by atoms with Crippen molar-refractivity contribution in [1.82, 2.24) is 5.32 Å². The van der Waals surface area contributed by atoms with E-state index in [1.165, 1.54) is 17.7 Å². The first kappa shape index (κ1) is 14.3. The van der Waals surface area contributed by atoms with Gasteiger partial charge in [-0.2, -0.15) is 0 Å². The van der Waals surface area contributed by atoms with Crippen LogP contribution in [0.25, 0.3) is 0 Å². The first-order chi connectivity index (χ1) is 8.74. The van der Waals surface area contributed by atoms with E-state index in [0.717, 1.165) is 29.8 Å². The van der Waals surface area contributed by atoms with Crippen LogP contribution < -0.4 is 5.32 Å². The van der Waals surface area contributed by atoms with E-state index >= 15 is 0 Å². The van der Waals surface area contributed by atoms with Crippen molar-refractivity contribution in [3.63, 3.8) is 0 Å². The molecule has 0 saturated heterocycles. The van der Waals surface area contributed by atoms with E-state index in [2.05, 4.69) is 5.32 Å². The second-order valence-electron chi connectivity index (χ2n) is 4.79. The molecule has 3 nitrogen and oxygen atoms in total. The van der Waals surface area contributed by atoms with Gasteiger partial charge in [0.1, 0.15) is 0 Å². The third-order valence-corrected chi connectivity index (χ3v) is 4.21. The van der Waals surface area contributed by atoms with Crippen molar-refractivity contribution in [1.29, 1.82) is 0 Å². The fourth-order valence-corrected chi connectivity index (χ4v) is 2.77. The summed E-state index contributed by atoms with van der Waals surface area (Å²) in [6, 6.07) is 3.96. The highest BCUT2D eigenvalue weighted by molar-refractivity contribution is 7.16. The highest BCUT2D eigenvalue weighted by Crippen LogP contribution is 2.28. The van der Waals surface area contributed by atoms with Gasteiger partial charge in [0.05, 0.1) is 17.0 Å². The Morgan fingerprint density at radius 1 is 1.50 bits per heavy atom. The van der Waals surface area contributed by atoms with Gasteiger partial charge in [0, 0.05) is 24.6 Å². The Labute approximate surface area is 117 Å². The summed E-state index contributed by atoms with van der Waals surface area (Å²) in [4.78, 5) is 1.27. The zero-order valence-corrected chi connectivity index (χ0v) is 12.0. The predicted molar refractivity (Wildman–Crippen MR) is 75.5 cm³/mol. The van der Waals surface area contributed by atoms with Crippen molar-refractivity contribution < 1.29 is 9.84 Å². The molecular formula is C13H20ClNO2S. The number of rotatable bonds is 9. The molecule has 0 amide bonds. The van der Waals surface area contributed by atoms with Gasteiger partial charge < -0.3 is 15.2 Å². The Morgan fingerprint density at radius 2 is 2.33 bits per heavy atom. The number of nitrogens with one attached hydrogen (secondary N) is 1. The van der Waals surface area contributed by atoms with Gasteiger partial charge in [0.15, 0.2) is 0 Å². The second kappa shape index (κ2) is 7.46. The third kappa shape index (κ3) is 5.67. The number of halogens is 1. The van der Waals surface area contributed by atoms with Crippen molar-refractivity contribution in [2.45, 2.75) is 25.4 Å². The number of hydrogen-bond donors (Lipinski definition) is 2. The summed E-state index contributed by atoms with van der Waals surface area (Å²) in [6.07, 6.45) is 3.12. The van der Waals surface area contributed by atoms with E-state index in [9.17, 15) is 5.11 Å². The Morgan fingerprint density at radius 3 is 3.00 bits per heavy atom. The van der Waals surface area contributed by atoms with Gasteiger partial charge in [-0.3, -0.25) is 0 Å². The molecule has 18 heavy (non-hydrogen) atoms. The van der Waals surface area contributed by atoms with E-state index in [4.69, 9.17) is 16.3 Å². The van der Waals surface area contributed by atoms with E-state index < -0.39 is 6.10 Å². The second-order valence-corrected chi connectivity index (χ2v) is 6.59. The van der Waals surface area contributed by atoms with Crippen LogP contribution in [0.3, 0.4) is 0 Å². The molecule has 1 fully saturated rings. The summed E-state index contributed by atoms with van der Waals surface area (Å²) in [7, 11) is 0. The molecule has 0 aliphatic heterocycles. The SMILES string of the molecule is OC(CNCCc1ccc(Cl)s1)COCC1CC1. The molecule has 1 aliphatic rings. The maximum Gasteiger partial charge on any atom is 0.0931 e. The number of aliphatic hydroxyl groups is 1. The minimum atomic E-state index is -0.407. The molecule has 0 spiro atoms. The van der Waals surface area contributed by atoms with Crippen LogP contribution in [0.4, 0.5) is 0 Å². The molecule has 1 aromatic rings. The van der Waals surface area contributed by atoms with Crippen LogP contribution in [0.15, 0.2) is 12.1 Å². The number of ether oxygens (including phenoxy) is 1. The van der Waals surface area contributed by atoms with Gasteiger partial charge in [-0.25, -0.2) is 0 Å². The van der Waals surface area contributed by atoms with Crippen molar-refractivity contribution in [2.24, 2.45) is 5.92 Å². The van der Waals surface area contributed by atoms with E-state index in [-0.39, 0.29) is 0 Å². The molecule has 1 heterocycles. The molecule has 1 aliphatic carbocycles. The van der Waals surface area contributed by atoms with E-state index in [0.29, 0.717) is 13.2 Å². The van der Waals surface area contributed by atoms with Crippen LogP contribution >= 0.6 is 22.9 Å². The number of thiophene rings is 1. The molecule has 5 heteroatoms. The lowest BCUT2D eigenvalue weighted by Crippen LogP contribution is -2.31. The van der Waals surface area contributed by atoms with Gasteiger partial charge in [0.2, 0.25) is 0 Å². The van der Waals surface area contributed by atoms with Crippen LogP contribution in [-0.2, 0) is 11.2 Å². The lowest BCUT2D eigenvalue weighted by molar-refractivity contribution is 0.0327. The van der Waals surface area contributed by atoms with Crippen molar-refractivity contribution in [3.05, 3.63) is 21.3 Å².